The molecule has 1 aromatic carbocycles. The van der Waals surface area contributed by atoms with E-state index in [2.05, 4.69) is 10.3 Å². The number of hydrogen-bond acceptors (Lipinski definition) is 7. The number of imidazole rings is 1. The Morgan fingerprint density at radius 2 is 1.77 bits per heavy atom. The summed E-state index contributed by atoms with van der Waals surface area (Å²) in [4.78, 5) is 44.0. The fourth-order valence-electron chi connectivity index (χ4n) is 6.19. The smallest absolute Gasteiger partial charge is 0.410 e. The van der Waals surface area contributed by atoms with Crippen molar-refractivity contribution in [1.29, 1.82) is 0 Å². The number of carbonyl (C=O) groups is 2. The number of anilines is 1. The first-order chi connectivity index (χ1) is 20.6. The van der Waals surface area contributed by atoms with Crippen molar-refractivity contribution in [3.05, 3.63) is 51.9 Å². The Kier molecular flexibility index (Phi) is 8.26. The van der Waals surface area contributed by atoms with Crippen LogP contribution < -0.4 is 5.32 Å². The van der Waals surface area contributed by atoms with Crippen LogP contribution in [0, 0.1) is 5.92 Å². The van der Waals surface area contributed by atoms with E-state index < -0.39 is 11.7 Å². The van der Waals surface area contributed by atoms with E-state index in [9.17, 15) is 9.59 Å². The monoisotopic (exact) mass is 625 g/mol. The zero-order valence-electron chi connectivity index (χ0n) is 24.8. The van der Waals surface area contributed by atoms with Crippen molar-refractivity contribution < 1.29 is 14.3 Å². The maximum absolute atomic E-state index is 13.1. The van der Waals surface area contributed by atoms with Gasteiger partial charge in [0.1, 0.15) is 17.2 Å². The predicted molar refractivity (Wildman–Crippen MR) is 165 cm³/mol. The summed E-state index contributed by atoms with van der Waals surface area (Å²) in [5, 5.41) is 4.35. The van der Waals surface area contributed by atoms with E-state index in [1.807, 2.05) is 42.4 Å². The number of hydrogen-bond donors (Lipinski definition) is 1. The van der Waals surface area contributed by atoms with Gasteiger partial charge in [0.25, 0.3) is 0 Å². The summed E-state index contributed by atoms with van der Waals surface area (Å²) in [5.74, 6) is 2.17. The fourth-order valence-corrected chi connectivity index (χ4v) is 6.49. The molecular formula is C31H37Cl2N7O3. The van der Waals surface area contributed by atoms with Crippen molar-refractivity contribution >= 4 is 41.2 Å². The lowest BCUT2D eigenvalue weighted by Crippen LogP contribution is -2.47. The molecule has 10 nitrogen and oxygen atoms in total. The summed E-state index contributed by atoms with van der Waals surface area (Å²) in [6.07, 6.45) is 7.47. The lowest BCUT2D eigenvalue weighted by Gasteiger charge is -2.34. The molecule has 12 heteroatoms. The number of carbonyl (C=O) groups excluding carboxylic acids is 2. The van der Waals surface area contributed by atoms with Gasteiger partial charge in [0, 0.05) is 36.8 Å². The third kappa shape index (κ3) is 6.45. The second-order valence-corrected chi connectivity index (χ2v) is 13.4. The molecule has 3 aliphatic rings. The molecule has 2 fully saturated rings. The second-order valence-electron chi connectivity index (χ2n) is 12.6. The molecule has 0 bridgehead atoms. The molecule has 1 saturated heterocycles. The number of piperidine rings is 1. The molecule has 2 aromatic heterocycles. The van der Waals surface area contributed by atoms with Crippen molar-refractivity contribution in [3.63, 3.8) is 0 Å². The Morgan fingerprint density at radius 1 is 0.977 bits per heavy atom. The molecule has 2 amide bonds. The van der Waals surface area contributed by atoms with Gasteiger partial charge in [0.05, 0.1) is 34.5 Å². The van der Waals surface area contributed by atoms with E-state index in [0.29, 0.717) is 47.3 Å². The minimum Gasteiger partial charge on any atom is -0.444 e. The van der Waals surface area contributed by atoms with Crippen molar-refractivity contribution in [3.8, 4) is 17.2 Å². The largest absolute Gasteiger partial charge is 0.444 e. The third-order valence-corrected chi connectivity index (χ3v) is 8.95. The molecule has 3 aromatic rings. The number of fused-ring (bicyclic) bond motifs is 1. The van der Waals surface area contributed by atoms with Gasteiger partial charge < -0.3 is 15.0 Å². The molecule has 6 rings (SSSR count). The van der Waals surface area contributed by atoms with Crippen molar-refractivity contribution in [2.45, 2.75) is 84.0 Å². The number of benzene rings is 1. The highest BCUT2D eigenvalue weighted by molar-refractivity contribution is 6.42. The fraction of sp³-hybridized carbons (Fsp3) is 0.516. The van der Waals surface area contributed by atoms with Crippen LogP contribution in [0.5, 0.6) is 0 Å². The molecule has 1 saturated carbocycles. The highest BCUT2D eigenvalue weighted by Crippen LogP contribution is 2.35. The van der Waals surface area contributed by atoms with Crippen molar-refractivity contribution in [1.82, 2.24) is 29.3 Å². The van der Waals surface area contributed by atoms with Crippen LogP contribution in [0.15, 0.2) is 30.5 Å². The summed E-state index contributed by atoms with van der Waals surface area (Å²) in [6.45, 7) is 7.61. The predicted octanol–water partition coefficient (Wildman–Crippen LogP) is 6.48. The Labute approximate surface area is 261 Å². The number of ether oxygens (including phenoxy) is 1. The van der Waals surface area contributed by atoms with Crippen LogP contribution in [-0.2, 0) is 22.6 Å². The van der Waals surface area contributed by atoms with Gasteiger partial charge in [0.2, 0.25) is 11.9 Å². The Hall–Kier alpha value is -3.37. The summed E-state index contributed by atoms with van der Waals surface area (Å²) >= 11 is 12.6. The molecular weight excluding hydrogens is 589 g/mol. The first-order valence-electron chi connectivity index (χ1n) is 15.0. The number of amides is 2. The number of aromatic nitrogens is 4. The number of nitrogens with one attached hydrogen (secondary N) is 1. The zero-order chi connectivity index (χ0) is 30.3. The van der Waals surface area contributed by atoms with Gasteiger partial charge in [-0.1, -0.05) is 36.0 Å². The Balaban J connectivity index is 1.28. The Morgan fingerprint density at radius 3 is 2.51 bits per heavy atom. The lowest BCUT2D eigenvalue weighted by atomic mass is 10.0. The lowest BCUT2D eigenvalue weighted by molar-refractivity contribution is -0.136. The molecule has 228 valence electrons. The summed E-state index contributed by atoms with van der Waals surface area (Å²) in [6, 6.07) is 7.26. The first-order valence-corrected chi connectivity index (χ1v) is 15.7. The van der Waals surface area contributed by atoms with Crippen molar-refractivity contribution in [2.75, 3.05) is 18.4 Å². The molecule has 0 radical (unpaired) electrons. The van der Waals surface area contributed by atoms with E-state index in [1.165, 1.54) is 0 Å². The van der Waals surface area contributed by atoms with E-state index in [4.69, 9.17) is 37.9 Å². The summed E-state index contributed by atoms with van der Waals surface area (Å²) in [5.41, 5.74) is 1.76. The van der Waals surface area contributed by atoms with Crippen molar-refractivity contribution in [2.24, 2.45) is 5.92 Å². The summed E-state index contributed by atoms with van der Waals surface area (Å²) < 4.78 is 7.57. The quantitative estimate of drug-likeness (QED) is 0.346. The third-order valence-electron chi connectivity index (χ3n) is 8.21. The van der Waals surface area contributed by atoms with Gasteiger partial charge in [-0.05, 0) is 70.7 Å². The number of likely N-dealkylation sites (tertiary alicyclic amines) is 1. The van der Waals surface area contributed by atoms with E-state index in [1.54, 1.807) is 23.2 Å². The van der Waals surface area contributed by atoms with Gasteiger partial charge in [-0.15, -0.1) is 0 Å². The normalized spacial score (nSPS) is 19.0. The van der Waals surface area contributed by atoms with Gasteiger partial charge >= 0.3 is 6.09 Å². The van der Waals surface area contributed by atoms with E-state index in [-0.39, 0.29) is 17.9 Å². The van der Waals surface area contributed by atoms with E-state index >= 15 is 0 Å². The minimum absolute atomic E-state index is 0.0556. The number of nitrogens with zero attached hydrogens (tertiary/aromatic N) is 6. The van der Waals surface area contributed by atoms with Crippen LogP contribution in [0.2, 0.25) is 10.0 Å². The molecule has 0 unspecified atom stereocenters. The second kappa shape index (κ2) is 12.0. The average molecular weight is 627 g/mol. The van der Waals surface area contributed by atoms with Gasteiger partial charge in [-0.2, -0.15) is 4.98 Å². The average Bonchev–Trinajstić information content (AvgIpc) is 3.71. The maximum Gasteiger partial charge on any atom is 0.410 e. The van der Waals surface area contributed by atoms with Crippen LogP contribution in [-0.4, -0.2) is 66.1 Å². The topological polar surface area (TPSA) is 105 Å². The summed E-state index contributed by atoms with van der Waals surface area (Å²) in [7, 11) is 0. The van der Waals surface area contributed by atoms with Crippen LogP contribution in [0.25, 0.3) is 17.2 Å². The van der Waals surface area contributed by atoms with Gasteiger partial charge in [0.15, 0.2) is 0 Å². The standard InChI is InChI=1S/C31H37Cl2N7O3/c1-31(2,3)43-30(42)39-17-24-25(18-39)40(27(36-24)20-10-11-22(32)23(33)15-20)26-12-13-34-29(37-26)35-21-9-6-14-38(16-21)28(41)19-7-4-5-8-19/h10-13,15,19,21H,4-9,14,16-18H2,1-3H3,(H,34,35,37)/t21-/m0/s1. The first kappa shape index (κ1) is 29.7. The highest BCUT2D eigenvalue weighted by atomic mass is 35.5. The highest BCUT2D eigenvalue weighted by Gasteiger charge is 2.34. The van der Waals surface area contributed by atoms with Crippen LogP contribution in [0.4, 0.5) is 10.7 Å². The van der Waals surface area contributed by atoms with E-state index in [0.717, 1.165) is 62.0 Å². The van der Waals surface area contributed by atoms with Crippen LogP contribution >= 0.6 is 23.2 Å². The molecule has 2 aliphatic heterocycles. The van der Waals surface area contributed by atoms with Gasteiger partial charge in [-0.3, -0.25) is 14.3 Å². The number of halogens is 2. The molecule has 1 atom stereocenters. The SMILES string of the molecule is CC(C)(C)OC(=O)N1Cc2nc(-c3ccc(Cl)c(Cl)c3)n(-c3ccnc(N[C@H]4CCCN(C(=O)C5CCCC5)C4)n3)c2C1. The zero-order valence-corrected chi connectivity index (χ0v) is 26.3. The molecule has 1 aliphatic carbocycles. The van der Waals surface area contributed by atoms with Crippen LogP contribution in [0.1, 0.15) is 70.7 Å². The molecule has 4 heterocycles. The molecule has 43 heavy (non-hydrogen) atoms. The Bertz CT molecular complexity index is 1530. The maximum atomic E-state index is 13.1. The minimum atomic E-state index is -0.609. The van der Waals surface area contributed by atoms with Crippen LogP contribution in [0.3, 0.4) is 0 Å². The molecule has 0 spiro atoms. The van der Waals surface area contributed by atoms with Gasteiger partial charge in [-0.25, -0.2) is 14.8 Å². The number of rotatable bonds is 5. The molecule has 1 N–H and O–H groups in total.